The van der Waals surface area contributed by atoms with E-state index < -0.39 is 0 Å². The number of carbonyl (C=O) groups excluding carboxylic acids is 1. The number of hydrogen-bond acceptors (Lipinski definition) is 3. The minimum Gasteiger partial charge on any atom is -0.352 e. The topological polar surface area (TPSA) is 67.2 Å². The minimum atomic E-state index is -0.0271. The van der Waals surface area contributed by atoms with Crippen LogP contribution in [0.4, 0.5) is 5.69 Å². The van der Waals surface area contributed by atoms with E-state index in [1.54, 1.807) is 0 Å². The molecule has 2 aliphatic carbocycles. The molecule has 0 aliphatic heterocycles. The number of benzene rings is 1. The first kappa shape index (κ1) is 13.4. The summed E-state index contributed by atoms with van der Waals surface area (Å²) < 4.78 is 0. The van der Waals surface area contributed by atoms with Gasteiger partial charge in [-0.25, -0.2) is 0 Å². The number of hydrogen-bond donors (Lipinski definition) is 3. The van der Waals surface area contributed by atoms with Gasteiger partial charge in [0.25, 0.3) is 5.91 Å². The molecule has 0 spiro atoms. The Morgan fingerprint density at radius 3 is 2.85 bits per heavy atom. The van der Waals surface area contributed by atoms with E-state index in [2.05, 4.69) is 10.7 Å². The first-order valence-electron chi connectivity index (χ1n) is 7.53. The lowest BCUT2D eigenvalue weighted by atomic mass is 9.89. The molecule has 3 atom stereocenters. The maximum atomic E-state index is 12.3. The second-order valence-corrected chi connectivity index (χ2v) is 6.34. The highest BCUT2D eigenvalue weighted by Crippen LogP contribution is 2.47. The molecular weight excluding hydrogens is 250 g/mol. The van der Waals surface area contributed by atoms with Crippen molar-refractivity contribution in [1.82, 2.24) is 5.32 Å². The van der Waals surface area contributed by atoms with Gasteiger partial charge in [-0.15, -0.1) is 0 Å². The van der Waals surface area contributed by atoms with Gasteiger partial charge in [-0.1, -0.05) is 12.5 Å². The van der Waals surface area contributed by atoms with E-state index in [4.69, 9.17) is 5.84 Å². The van der Waals surface area contributed by atoms with Crippen LogP contribution in [0.5, 0.6) is 0 Å². The molecule has 2 bridgehead atoms. The molecule has 1 aromatic carbocycles. The van der Waals surface area contributed by atoms with Crippen LogP contribution in [0.2, 0.25) is 0 Å². The van der Waals surface area contributed by atoms with Crippen molar-refractivity contribution in [3.63, 3.8) is 0 Å². The Morgan fingerprint density at radius 1 is 1.35 bits per heavy atom. The van der Waals surface area contributed by atoms with Crippen molar-refractivity contribution in [1.29, 1.82) is 0 Å². The number of nitrogen functional groups attached to an aromatic ring is 1. The number of rotatable bonds is 4. The third-order valence-electron chi connectivity index (χ3n) is 4.98. The number of nitrogens with one attached hydrogen (secondary N) is 2. The fourth-order valence-electron chi connectivity index (χ4n) is 3.92. The van der Waals surface area contributed by atoms with Crippen molar-refractivity contribution in [2.45, 2.75) is 32.6 Å². The molecule has 1 amide bonds. The van der Waals surface area contributed by atoms with Gasteiger partial charge in [0, 0.05) is 6.54 Å². The number of carbonyl (C=O) groups is 1. The highest BCUT2D eigenvalue weighted by molar-refractivity contribution is 5.99. The highest BCUT2D eigenvalue weighted by atomic mass is 16.1. The molecule has 2 aliphatic rings. The third kappa shape index (κ3) is 2.52. The van der Waals surface area contributed by atoms with Crippen molar-refractivity contribution < 1.29 is 4.79 Å². The molecule has 2 fully saturated rings. The molecule has 4 nitrogen and oxygen atoms in total. The molecule has 1 aromatic rings. The van der Waals surface area contributed by atoms with Gasteiger partial charge in [0.1, 0.15) is 0 Å². The van der Waals surface area contributed by atoms with E-state index in [1.807, 2.05) is 25.1 Å². The number of nitrogens with two attached hydrogens (primary N) is 1. The van der Waals surface area contributed by atoms with Gasteiger partial charge in [0.2, 0.25) is 0 Å². The SMILES string of the molecule is Cc1ccc(C(=O)NCC2CC3CCC2C3)c(NN)c1. The van der Waals surface area contributed by atoms with Crippen LogP contribution in [0.3, 0.4) is 0 Å². The van der Waals surface area contributed by atoms with Crippen LogP contribution in [0, 0.1) is 24.7 Å². The van der Waals surface area contributed by atoms with Gasteiger partial charge < -0.3 is 10.7 Å². The fraction of sp³-hybridized carbons (Fsp3) is 0.562. The summed E-state index contributed by atoms with van der Waals surface area (Å²) in [5, 5.41) is 3.09. The average Bonchev–Trinajstić information content (AvgIpc) is 3.07. The molecule has 20 heavy (non-hydrogen) atoms. The summed E-state index contributed by atoms with van der Waals surface area (Å²) in [5.41, 5.74) is 5.01. The molecule has 3 unspecified atom stereocenters. The Morgan fingerprint density at radius 2 is 2.20 bits per heavy atom. The minimum absolute atomic E-state index is 0.0271. The highest BCUT2D eigenvalue weighted by Gasteiger charge is 2.39. The maximum absolute atomic E-state index is 12.3. The first-order valence-corrected chi connectivity index (χ1v) is 7.53. The summed E-state index contributed by atoms with van der Waals surface area (Å²) in [5.74, 6) is 7.90. The first-order chi connectivity index (χ1) is 9.67. The summed E-state index contributed by atoms with van der Waals surface area (Å²) in [4.78, 5) is 12.3. The van der Waals surface area contributed by atoms with E-state index in [-0.39, 0.29) is 5.91 Å². The van der Waals surface area contributed by atoms with Crippen LogP contribution in [-0.2, 0) is 0 Å². The molecule has 0 radical (unpaired) electrons. The Hall–Kier alpha value is -1.55. The lowest BCUT2D eigenvalue weighted by Crippen LogP contribution is -2.32. The summed E-state index contributed by atoms with van der Waals surface area (Å²) in [6.45, 7) is 2.79. The molecule has 3 rings (SSSR count). The number of hydrazine groups is 1. The molecule has 108 valence electrons. The summed E-state index contributed by atoms with van der Waals surface area (Å²) in [7, 11) is 0. The van der Waals surface area contributed by atoms with Crippen molar-refractivity contribution in [2.75, 3.05) is 12.0 Å². The lowest BCUT2D eigenvalue weighted by Gasteiger charge is -2.22. The van der Waals surface area contributed by atoms with E-state index in [9.17, 15) is 4.79 Å². The number of aryl methyl sites for hydroxylation is 1. The Labute approximate surface area is 120 Å². The smallest absolute Gasteiger partial charge is 0.253 e. The summed E-state index contributed by atoms with van der Waals surface area (Å²) in [6.07, 6.45) is 5.42. The normalized spacial score (nSPS) is 27.6. The predicted molar refractivity (Wildman–Crippen MR) is 80.3 cm³/mol. The molecular formula is C16H23N3O. The van der Waals surface area contributed by atoms with Crippen LogP contribution >= 0.6 is 0 Å². The second-order valence-electron chi connectivity index (χ2n) is 6.34. The van der Waals surface area contributed by atoms with Crippen molar-refractivity contribution in [3.8, 4) is 0 Å². The van der Waals surface area contributed by atoms with Gasteiger partial charge in [0.15, 0.2) is 0 Å². The van der Waals surface area contributed by atoms with Gasteiger partial charge >= 0.3 is 0 Å². The zero-order valence-corrected chi connectivity index (χ0v) is 12.0. The number of anilines is 1. The zero-order chi connectivity index (χ0) is 14.1. The maximum Gasteiger partial charge on any atom is 0.253 e. The zero-order valence-electron chi connectivity index (χ0n) is 12.0. The number of fused-ring (bicyclic) bond motifs is 2. The van der Waals surface area contributed by atoms with Crippen molar-refractivity contribution >= 4 is 11.6 Å². The number of amides is 1. The summed E-state index contributed by atoms with van der Waals surface area (Å²) >= 11 is 0. The van der Waals surface area contributed by atoms with Gasteiger partial charge in [-0.2, -0.15) is 0 Å². The van der Waals surface area contributed by atoms with Gasteiger partial charge in [-0.3, -0.25) is 10.6 Å². The predicted octanol–water partition coefficient (Wildman–Crippen LogP) is 2.45. The molecule has 4 heteroatoms. The van der Waals surface area contributed by atoms with Crippen molar-refractivity contribution in [3.05, 3.63) is 29.3 Å². The monoisotopic (exact) mass is 273 g/mol. The fourth-order valence-corrected chi connectivity index (χ4v) is 3.92. The Balaban J connectivity index is 1.62. The van der Waals surface area contributed by atoms with Crippen molar-refractivity contribution in [2.24, 2.45) is 23.6 Å². The third-order valence-corrected chi connectivity index (χ3v) is 4.98. The van der Waals surface area contributed by atoms with E-state index in [1.165, 1.54) is 25.7 Å². The summed E-state index contributed by atoms with van der Waals surface area (Å²) in [6, 6.07) is 5.67. The molecule has 0 heterocycles. The Bertz CT molecular complexity index is 514. The van der Waals surface area contributed by atoms with Crippen LogP contribution in [0.25, 0.3) is 0 Å². The van der Waals surface area contributed by atoms with Crippen LogP contribution in [-0.4, -0.2) is 12.5 Å². The van der Waals surface area contributed by atoms with Crippen LogP contribution in [0.15, 0.2) is 18.2 Å². The largest absolute Gasteiger partial charge is 0.352 e. The van der Waals surface area contributed by atoms with Crippen LogP contribution in [0.1, 0.15) is 41.6 Å². The van der Waals surface area contributed by atoms with E-state index in [0.717, 1.165) is 23.9 Å². The Kier molecular flexibility index (Phi) is 3.66. The molecule has 2 saturated carbocycles. The van der Waals surface area contributed by atoms with Gasteiger partial charge in [0.05, 0.1) is 11.3 Å². The molecule has 0 saturated heterocycles. The quantitative estimate of drug-likeness (QED) is 0.583. The van der Waals surface area contributed by atoms with Crippen LogP contribution < -0.4 is 16.6 Å². The molecule has 4 N–H and O–H groups in total. The van der Waals surface area contributed by atoms with E-state index >= 15 is 0 Å². The lowest BCUT2D eigenvalue weighted by molar-refractivity contribution is 0.0942. The second kappa shape index (κ2) is 5.44. The van der Waals surface area contributed by atoms with Gasteiger partial charge in [-0.05, 0) is 61.6 Å². The van der Waals surface area contributed by atoms with E-state index in [0.29, 0.717) is 17.2 Å². The molecule has 0 aromatic heterocycles. The standard InChI is InChI=1S/C16H23N3O/c1-10-2-5-14(15(6-10)19-17)16(20)18-9-13-8-11-3-4-12(13)7-11/h2,5-6,11-13,19H,3-4,7-9,17H2,1H3,(H,18,20). The average molecular weight is 273 g/mol.